The van der Waals surface area contributed by atoms with Crippen molar-refractivity contribution in [3.05, 3.63) is 29.3 Å². The molecule has 1 N–H and O–H groups in total. The van der Waals surface area contributed by atoms with Gasteiger partial charge in [-0.2, -0.15) is 8.42 Å². The van der Waals surface area contributed by atoms with Crippen molar-refractivity contribution in [1.29, 1.82) is 0 Å². The second-order valence-electron chi connectivity index (χ2n) is 3.75. The lowest BCUT2D eigenvalue weighted by Gasteiger charge is -2.27. The van der Waals surface area contributed by atoms with Crippen molar-refractivity contribution in [3.63, 3.8) is 0 Å². The first-order valence-corrected chi connectivity index (χ1v) is 6.08. The molecule has 1 aliphatic rings. The molecule has 0 saturated carbocycles. The highest BCUT2D eigenvalue weighted by Crippen LogP contribution is 2.30. The van der Waals surface area contributed by atoms with Crippen molar-refractivity contribution in [2.45, 2.75) is 17.7 Å². The number of rotatable bonds is 2. The van der Waals surface area contributed by atoms with Gasteiger partial charge in [0.05, 0.1) is 18.1 Å². The maximum Gasteiger partial charge on any atom is 0.294 e. The number of ether oxygens (including phenoxy) is 1. The summed E-state index contributed by atoms with van der Waals surface area (Å²) in [5.74, 6) is 0.0850. The molecule has 1 fully saturated rings. The van der Waals surface area contributed by atoms with Crippen LogP contribution in [0, 0.1) is 6.92 Å². The van der Waals surface area contributed by atoms with Crippen molar-refractivity contribution in [2.75, 3.05) is 13.2 Å². The predicted molar refractivity (Wildman–Crippen MR) is 54.6 cm³/mol. The SMILES string of the molecule is Cc1ccc(S(=O)(=O)O)c(C2COC2)c1. The molecule has 0 aromatic heterocycles. The Morgan fingerprint density at radius 3 is 2.53 bits per heavy atom. The normalized spacial score (nSPS) is 17.5. The minimum absolute atomic E-state index is 0.00130. The second-order valence-corrected chi connectivity index (χ2v) is 5.14. The van der Waals surface area contributed by atoms with E-state index < -0.39 is 10.1 Å². The molecule has 0 atom stereocenters. The summed E-state index contributed by atoms with van der Waals surface area (Å²) >= 11 is 0. The third-order valence-corrected chi connectivity index (χ3v) is 3.45. The van der Waals surface area contributed by atoms with Crippen LogP contribution in [0.15, 0.2) is 23.1 Å². The summed E-state index contributed by atoms with van der Waals surface area (Å²) in [6.07, 6.45) is 0. The number of hydrogen-bond acceptors (Lipinski definition) is 3. The van der Waals surface area contributed by atoms with E-state index in [2.05, 4.69) is 0 Å². The summed E-state index contributed by atoms with van der Waals surface area (Å²) in [7, 11) is -4.13. The smallest absolute Gasteiger partial charge is 0.294 e. The highest BCUT2D eigenvalue weighted by atomic mass is 32.2. The lowest BCUT2D eigenvalue weighted by atomic mass is 9.96. The molecular weight excluding hydrogens is 216 g/mol. The molecule has 0 amide bonds. The zero-order valence-electron chi connectivity index (χ0n) is 8.30. The van der Waals surface area contributed by atoms with Gasteiger partial charge >= 0.3 is 0 Å². The molecule has 5 heteroatoms. The second kappa shape index (κ2) is 3.59. The summed E-state index contributed by atoms with van der Waals surface area (Å²) in [5, 5.41) is 0. The van der Waals surface area contributed by atoms with Gasteiger partial charge in [0.2, 0.25) is 0 Å². The Bertz CT molecular complexity index is 474. The quantitative estimate of drug-likeness (QED) is 0.776. The molecule has 1 heterocycles. The van der Waals surface area contributed by atoms with Gasteiger partial charge in [-0.1, -0.05) is 17.7 Å². The zero-order valence-corrected chi connectivity index (χ0v) is 9.12. The molecular formula is C10H12O4S. The molecule has 15 heavy (non-hydrogen) atoms. The van der Waals surface area contributed by atoms with Crippen molar-refractivity contribution >= 4 is 10.1 Å². The molecule has 1 aliphatic heterocycles. The van der Waals surface area contributed by atoms with E-state index in [0.717, 1.165) is 5.56 Å². The van der Waals surface area contributed by atoms with Gasteiger partial charge in [0.25, 0.3) is 10.1 Å². The lowest BCUT2D eigenvalue weighted by molar-refractivity contribution is 0.00727. The van der Waals surface area contributed by atoms with Crippen LogP contribution in [0.4, 0.5) is 0 Å². The third kappa shape index (κ3) is 2.04. The molecule has 0 spiro atoms. The molecule has 4 nitrogen and oxygen atoms in total. The van der Waals surface area contributed by atoms with Crippen LogP contribution >= 0.6 is 0 Å². The Labute approximate surface area is 88.6 Å². The Kier molecular flexibility index (Phi) is 2.54. The van der Waals surface area contributed by atoms with Crippen molar-refractivity contribution in [1.82, 2.24) is 0 Å². The van der Waals surface area contributed by atoms with Gasteiger partial charge in [-0.15, -0.1) is 0 Å². The van der Waals surface area contributed by atoms with E-state index >= 15 is 0 Å². The molecule has 82 valence electrons. The average Bonchev–Trinajstić information content (AvgIpc) is 1.98. The molecule has 1 aromatic carbocycles. The van der Waals surface area contributed by atoms with Gasteiger partial charge in [0.15, 0.2) is 0 Å². The van der Waals surface area contributed by atoms with Gasteiger partial charge in [-0.05, 0) is 18.6 Å². The predicted octanol–water partition coefficient (Wildman–Crippen LogP) is 1.36. The summed E-state index contributed by atoms with van der Waals surface area (Å²) in [6.45, 7) is 2.93. The van der Waals surface area contributed by atoms with E-state index in [0.29, 0.717) is 18.8 Å². The zero-order chi connectivity index (χ0) is 11.1. The highest BCUT2D eigenvalue weighted by molar-refractivity contribution is 7.85. The monoisotopic (exact) mass is 228 g/mol. The Balaban J connectivity index is 2.53. The number of benzene rings is 1. The van der Waals surface area contributed by atoms with Crippen LogP contribution < -0.4 is 0 Å². The van der Waals surface area contributed by atoms with E-state index in [1.54, 1.807) is 12.1 Å². The lowest BCUT2D eigenvalue weighted by Crippen LogP contribution is -2.26. The van der Waals surface area contributed by atoms with Crippen LogP contribution in [0.3, 0.4) is 0 Å². The van der Waals surface area contributed by atoms with Gasteiger partial charge in [-0.3, -0.25) is 4.55 Å². The minimum atomic E-state index is -4.13. The fourth-order valence-electron chi connectivity index (χ4n) is 1.64. The molecule has 0 radical (unpaired) electrons. The molecule has 0 aliphatic carbocycles. The Morgan fingerprint density at radius 2 is 2.07 bits per heavy atom. The molecule has 2 rings (SSSR count). The molecule has 1 saturated heterocycles. The van der Waals surface area contributed by atoms with Gasteiger partial charge < -0.3 is 4.74 Å². The van der Waals surface area contributed by atoms with E-state index in [-0.39, 0.29) is 10.8 Å². The van der Waals surface area contributed by atoms with Crippen molar-refractivity contribution < 1.29 is 17.7 Å². The summed E-state index contributed by atoms with van der Waals surface area (Å²) in [6, 6.07) is 4.90. The fourth-order valence-corrected chi connectivity index (χ4v) is 2.40. The third-order valence-electron chi connectivity index (χ3n) is 2.52. The first-order chi connectivity index (χ1) is 6.98. The van der Waals surface area contributed by atoms with Gasteiger partial charge in [0, 0.05) is 5.92 Å². The van der Waals surface area contributed by atoms with E-state index in [1.807, 2.05) is 6.92 Å². The van der Waals surface area contributed by atoms with E-state index in [1.165, 1.54) is 6.07 Å². The van der Waals surface area contributed by atoms with Crippen molar-refractivity contribution in [3.8, 4) is 0 Å². The molecule has 0 bridgehead atoms. The first kappa shape index (κ1) is 10.6. The number of hydrogen-bond donors (Lipinski definition) is 1. The Hall–Kier alpha value is -0.910. The van der Waals surface area contributed by atoms with Crippen molar-refractivity contribution in [2.24, 2.45) is 0 Å². The Morgan fingerprint density at radius 1 is 1.40 bits per heavy atom. The van der Waals surface area contributed by atoms with E-state index in [9.17, 15) is 8.42 Å². The van der Waals surface area contributed by atoms with Crippen LogP contribution in [-0.2, 0) is 14.9 Å². The van der Waals surface area contributed by atoms with Gasteiger partial charge in [-0.25, -0.2) is 0 Å². The maximum absolute atomic E-state index is 11.1. The number of aryl methyl sites for hydroxylation is 1. The average molecular weight is 228 g/mol. The summed E-state index contributed by atoms with van der Waals surface area (Å²) in [4.78, 5) is 0.00130. The van der Waals surface area contributed by atoms with E-state index in [4.69, 9.17) is 9.29 Å². The van der Waals surface area contributed by atoms with Crippen LogP contribution in [0.25, 0.3) is 0 Å². The standard InChI is InChI=1S/C10H12O4S/c1-7-2-3-10(15(11,12)13)9(4-7)8-5-14-6-8/h2-4,8H,5-6H2,1H3,(H,11,12,13). The van der Waals surface area contributed by atoms with Crippen LogP contribution in [-0.4, -0.2) is 26.2 Å². The molecule has 0 unspecified atom stereocenters. The van der Waals surface area contributed by atoms with Crippen LogP contribution in [0.2, 0.25) is 0 Å². The molecule has 1 aromatic rings. The highest BCUT2D eigenvalue weighted by Gasteiger charge is 2.27. The first-order valence-electron chi connectivity index (χ1n) is 4.64. The minimum Gasteiger partial charge on any atom is -0.380 e. The largest absolute Gasteiger partial charge is 0.380 e. The van der Waals surface area contributed by atoms with Crippen LogP contribution in [0.5, 0.6) is 0 Å². The fraction of sp³-hybridized carbons (Fsp3) is 0.400. The summed E-state index contributed by atoms with van der Waals surface area (Å²) < 4.78 is 36.3. The van der Waals surface area contributed by atoms with Gasteiger partial charge in [0.1, 0.15) is 0 Å². The van der Waals surface area contributed by atoms with Crippen LogP contribution in [0.1, 0.15) is 17.0 Å². The topological polar surface area (TPSA) is 63.6 Å². The maximum atomic E-state index is 11.1. The summed E-state index contributed by atoms with van der Waals surface area (Å²) in [5.41, 5.74) is 1.63.